The van der Waals surface area contributed by atoms with Gasteiger partial charge >= 0.3 is 5.97 Å². The molecule has 5 heteroatoms. The first-order valence-electron chi connectivity index (χ1n) is 6.23. The third-order valence-corrected chi connectivity index (χ3v) is 4.09. The number of aromatic nitrogens is 1. The molecule has 0 atom stereocenters. The predicted molar refractivity (Wildman–Crippen MR) is 75.2 cm³/mol. The van der Waals surface area contributed by atoms with Crippen LogP contribution in [0.4, 0.5) is 5.00 Å². The number of nitrogens with zero attached hydrogens (tertiary/aromatic N) is 1. The van der Waals surface area contributed by atoms with E-state index < -0.39 is 0 Å². The van der Waals surface area contributed by atoms with Crippen LogP contribution in [-0.4, -0.2) is 24.1 Å². The van der Waals surface area contributed by atoms with Crippen molar-refractivity contribution in [2.45, 2.75) is 34.6 Å². The van der Waals surface area contributed by atoms with Crippen LogP contribution >= 0.6 is 11.3 Å². The molecule has 1 aromatic heterocycles. The van der Waals surface area contributed by atoms with Crippen molar-refractivity contribution in [3.05, 3.63) is 11.2 Å². The molecule has 0 amide bonds. The highest BCUT2D eigenvalue weighted by Crippen LogP contribution is 2.28. The summed E-state index contributed by atoms with van der Waals surface area (Å²) >= 11 is 1.43. The van der Waals surface area contributed by atoms with Crippen LogP contribution in [0.1, 0.15) is 45.1 Å². The molecule has 0 aliphatic rings. The number of nitrogens with one attached hydrogen (secondary N) is 1. The number of carbonyl (C=O) groups is 1. The van der Waals surface area contributed by atoms with E-state index in [4.69, 9.17) is 4.74 Å². The van der Waals surface area contributed by atoms with Crippen LogP contribution in [0, 0.1) is 11.3 Å². The Morgan fingerprint density at radius 1 is 1.56 bits per heavy atom. The number of thiazole rings is 1. The molecular formula is C13H22N2O2S. The molecule has 0 unspecified atom stereocenters. The van der Waals surface area contributed by atoms with Crippen molar-refractivity contribution in [1.82, 2.24) is 4.98 Å². The molecule has 1 aromatic rings. The van der Waals surface area contributed by atoms with Crippen molar-refractivity contribution in [2.75, 3.05) is 18.5 Å². The molecule has 0 aliphatic heterocycles. The van der Waals surface area contributed by atoms with Crippen molar-refractivity contribution in [2.24, 2.45) is 11.3 Å². The van der Waals surface area contributed by atoms with E-state index in [0.717, 1.165) is 11.5 Å². The van der Waals surface area contributed by atoms with E-state index in [9.17, 15) is 4.79 Å². The molecule has 1 rings (SSSR count). The van der Waals surface area contributed by atoms with Crippen LogP contribution in [0.5, 0.6) is 0 Å². The fourth-order valence-corrected chi connectivity index (χ4v) is 1.90. The van der Waals surface area contributed by atoms with E-state index in [0.29, 0.717) is 18.2 Å². The largest absolute Gasteiger partial charge is 0.461 e. The Hall–Kier alpha value is -1.10. The molecule has 102 valence electrons. The molecule has 0 aromatic carbocycles. The summed E-state index contributed by atoms with van der Waals surface area (Å²) < 4.78 is 4.97. The molecule has 0 saturated heterocycles. The fourth-order valence-electron chi connectivity index (χ4n) is 1.23. The molecule has 0 spiro atoms. The molecule has 0 radical (unpaired) electrons. The lowest BCUT2D eigenvalue weighted by atomic mass is 9.81. The lowest BCUT2D eigenvalue weighted by Gasteiger charge is -2.29. The summed E-state index contributed by atoms with van der Waals surface area (Å²) in [4.78, 5) is 15.7. The molecule has 18 heavy (non-hydrogen) atoms. The minimum Gasteiger partial charge on any atom is -0.461 e. The quantitative estimate of drug-likeness (QED) is 0.805. The number of carbonyl (C=O) groups excluding carboxylic acids is 1. The molecule has 0 saturated carbocycles. The van der Waals surface area contributed by atoms with Gasteiger partial charge in [-0.25, -0.2) is 9.78 Å². The average Bonchev–Trinajstić information content (AvgIpc) is 2.74. The lowest BCUT2D eigenvalue weighted by Crippen LogP contribution is -2.28. The molecule has 0 bridgehead atoms. The second kappa shape index (κ2) is 6.18. The minimum atomic E-state index is -0.358. The standard InChI is InChI=1S/C13H22N2O2S/c1-6-17-12(16)10-11(18-8-15-10)14-7-13(4,5)9(2)3/h8-9,14H,6-7H2,1-5H3. The second-order valence-corrected chi connectivity index (χ2v) is 6.10. The number of esters is 1. The summed E-state index contributed by atoms with van der Waals surface area (Å²) in [6, 6.07) is 0. The molecule has 0 aliphatic carbocycles. The first-order chi connectivity index (χ1) is 8.38. The number of anilines is 1. The molecule has 0 fully saturated rings. The van der Waals surface area contributed by atoms with Gasteiger partial charge in [-0.1, -0.05) is 27.7 Å². The zero-order valence-corrected chi connectivity index (χ0v) is 12.6. The number of rotatable bonds is 6. The first kappa shape index (κ1) is 15.0. The fraction of sp³-hybridized carbons (Fsp3) is 0.692. The van der Waals surface area contributed by atoms with Crippen LogP contribution in [0.2, 0.25) is 0 Å². The van der Waals surface area contributed by atoms with E-state index in [1.54, 1.807) is 12.4 Å². The maximum atomic E-state index is 11.7. The maximum absolute atomic E-state index is 11.7. The van der Waals surface area contributed by atoms with Crippen molar-refractivity contribution >= 4 is 22.3 Å². The van der Waals surface area contributed by atoms with Gasteiger partial charge in [0.2, 0.25) is 0 Å². The van der Waals surface area contributed by atoms with Crippen LogP contribution in [0.25, 0.3) is 0 Å². The van der Waals surface area contributed by atoms with Crippen LogP contribution < -0.4 is 5.32 Å². The summed E-state index contributed by atoms with van der Waals surface area (Å²) in [6.45, 7) is 11.8. The Kier molecular flexibility index (Phi) is 5.14. The first-order valence-corrected chi connectivity index (χ1v) is 7.11. The van der Waals surface area contributed by atoms with Crippen molar-refractivity contribution in [1.29, 1.82) is 0 Å². The summed E-state index contributed by atoms with van der Waals surface area (Å²) in [5.74, 6) is 0.201. The monoisotopic (exact) mass is 270 g/mol. The van der Waals surface area contributed by atoms with Crippen LogP contribution in [0.3, 0.4) is 0 Å². The zero-order chi connectivity index (χ0) is 13.8. The highest BCUT2D eigenvalue weighted by atomic mass is 32.1. The van der Waals surface area contributed by atoms with Gasteiger partial charge in [-0.05, 0) is 18.3 Å². The normalized spacial score (nSPS) is 11.7. The number of ether oxygens (including phenoxy) is 1. The van der Waals surface area contributed by atoms with E-state index in [-0.39, 0.29) is 11.4 Å². The van der Waals surface area contributed by atoms with E-state index in [1.807, 2.05) is 0 Å². The highest BCUT2D eigenvalue weighted by molar-refractivity contribution is 7.14. The molecule has 1 N–H and O–H groups in total. The van der Waals surface area contributed by atoms with Gasteiger partial charge in [0.15, 0.2) is 5.69 Å². The van der Waals surface area contributed by atoms with Gasteiger partial charge in [-0.3, -0.25) is 0 Å². The lowest BCUT2D eigenvalue weighted by molar-refractivity contribution is 0.0521. The zero-order valence-electron chi connectivity index (χ0n) is 11.7. The van der Waals surface area contributed by atoms with Gasteiger partial charge in [0, 0.05) is 6.54 Å². The van der Waals surface area contributed by atoms with Crippen molar-refractivity contribution in [3.8, 4) is 0 Å². The number of hydrogen-bond donors (Lipinski definition) is 1. The van der Waals surface area contributed by atoms with Gasteiger partial charge in [-0.15, -0.1) is 11.3 Å². The Morgan fingerprint density at radius 3 is 2.78 bits per heavy atom. The van der Waals surface area contributed by atoms with E-state index in [2.05, 4.69) is 38.0 Å². The Morgan fingerprint density at radius 2 is 2.22 bits per heavy atom. The van der Waals surface area contributed by atoms with Gasteiger partial charge in [0.25, 0.3) is 0 Å². The van der Waals surface area contributed by atoms with Crippen molar-refractivity contribution in [3.63, 3.8) is 0 Å². The highest BCUT2D eigenvalue weighted by Gasteiger charge is 2.24. The number of hydrogen-bond acceptors (Lipinski definition) is 5. The Labute approximate surface area is 113 Å². The van der Waals surface area contributed by atoms with E-state index in [1.165, 1.54) is 11.3 Å². The summed E-state index contributed by atoms with van der Waals surface area (Å²) in [5, 5.41) is 4.10. The summed E-state index contributed by atoms with van der Waals surface area (Å²) in [6.07, 6.45) is 0. The Balaban J connectivity index is 2.69. The van der Waals surface area contributed by atoms with Gasteiger partial charge < -0.3 is 10.1 Å². The Bertz CT molecular complexity index is 399. The van der Waals surface area contributed by atoms with Gasteiger partial charge in [0.1, 0.15) is 5.00 Å². The predicted octanol–water partition coefficient (Wildman–Crippen LogP) is 3.41. The SMILES string of the molecule is CCOC(=O)c1ncsc1NCC(C)(C)C(C)C. The molecule has 4 nitrogen and oxygen atoms in total. The van der Waals surface area contributed by atoms with Gasteiger partial charge in [0.05, 0.1) is 12.1 Å². The molecular weight excluding hydrogens is 248 g/mol. The second-order valence-electron chi connectivity index (χ2n) is 5.25. The van der Waals surface area contributed by atoms with Crippen LogP contribution in [-0.2, 0) is 4.74 Å². The third kappa shape index (κ3) is 3.70. The van der Waals surface area contributed by atoms with Gasteiger partial charge in [-0.2, -0.15) is 0 Å². The summed E-state index contributed by atoms with van der Waals surface area (Å²) in [7, 11) is 0. The summed E-state index contributed by atoms with van der Waals surface area (Å²) in [5.41, 5.74) is 2.22. The van der Waals surface area contributed by atoms with Crippen LogP contribution in [0.15, 0.2) is 5.51 Å². The topological polar surface area (TPSA) is 51.2 Å². The smallest absolute Gasteiger partial charge is 0.360 e. The van der Waals surface area contributed by atoms with E-state index >= 15 is 0 Å². The molecule has 1 heterocycles. The third-order valence-electron chi connectivity index (χ3n) is 3.30. The van der Waals surface area contributed by atoms with Crippen molar-refractivity contribution < 1.29 is 9.53 Å². The average molecular weight is 270 g/mol. The maximum Gasteiger partial charge on any atom is 0.360 e. The minimum absolute atomic E-state index is 0.163.